The molecule has 4 heteroatoms. The third kappa shape index (κ3) is 3.47. The van der Waals surface area contributed by atoms with E-state index in [2.05, 4.69) is 24.5 Å². The second-order valence-electron chi connectivity index (χ2n) is 4.43. The van der Waals surface area contributed by atoms with Gasteiger partial charge in [-0.3, -0.25) is 4.79 Å². The van der Waals surface area contributed by atoms with Crippen LogP contribution >= 0.6 is 11.6 Å². The van der Waals surface area contributed by atoms with Gasteiger partial charge in [0.2, 0.25) is 0 Å². The molecule has 0 fully saturated rings. The predicted molar refractivity (Wildman–Crippen MR) is 75.3 cm³/mol. The number of aromatic nitrogens is 1. The van der Waals surface area contributed by atoms with Crippen molar-refractivity contribution in [2.45, 2.75) is 26.8 Å². The van der Waals surface area contributed by atoms with Gasteiger partial charge in [0.05, 0.1) is 18.5 Å². The van der Waals surface area contributed by atoms with E-state index >= 15 is 0 Å². The maximum atomic E-state index is 11.2. The normalized spacial score (nSPS) is 13.2. The Hall–Kier alpha value is -1.06. The summed E-state index contributed by atoms with van der Waals surface area (Å²) in [6, 6.07) is 2.35. The minimum atomic E-state index is -0.0774. The first-order chi connectivity index (χ1) is 8.51. The number of methoxy groups -OCH3 is 1. The van der Waals surface area contributed by atoms with Gasteiger partial charge in [-0.2, -0.15) is 0 Å². The molecule has 18 heavy (non-hydrogen) atoms. The molecule has 0 saturated carbocycles. The first kappa shape index (κ1) is 15.0. The second-order valence-corrected chi connectivity index (χ2v) is 4.70. The molecule has 1 aromatic heterocycles. The van der Waals surface area contributed by atoms with Crippen LogP contribution in [0.25, 0.3) is 6.08 Å². The van der Waals surface area contributed by atoms with Gasteiger partial charge in [-0.1, -0.05) is 0 Å². The Kier molecular flexibility index (Phi) is 5.63. The largest absolute Gasteiger partial charge is 0.383 e. The number of halogens is 1. The zero-order valence-electron chi connectivity index (χ0n) is 11.4. The number of carbonyl (C=O) groups excluding carboxylic acids is 1. The number of aryl methyl sites for hydroxylation is 1. The quantitative estimate of drug-likeness (QED) is 0.587. The Balaban J connectivity index is 3.00. The molecule has 0 aliphatic heterocycles. The molecule has 1 atom stereocenters. The van der Waals surface area contributed by atoms with Gasteiger partial charge in [0, 0.05) is 18.5 Å². The van der Waals surface area contributed by atoms with E-state index in [9.17, 15) is 4.79 Å². The standard InChI is InChI=1S/C14H20ClNO2/c1-10-7-13(5-6-14(17)8-15)12(3)16(10)11(2)9-18-4/h5-7,11H,8-9H2,1-4H3/b6-5+. The average Bonchev–Trinajstić information content (AvgIpc) is 2.61. The van der Waals surface area contributed by atoms with E-state index in [-0.39, 0.29) is 17.7 Å². The Bertz CT molecular complexity index is 449. The zero-order chi connectivity index (χ0) is 13.7. The number of ether oxygens (including phenoxy) is 1. The van der Waals surface area contributed by atoms with Crippen molar-refractivity contribution in [1.29, 1.82) is 0 Å². The van der Waals surface area contributed by atoms with E-state index in [0.29, 0.717) is 6.61 Å². The van der Waals surface area contributed by atoms with Crippen LogP contribution in [0.3, 0.4) is 0 Å². The van der Waals surface area contributed by atoms with Gasteiger partial charge in [-0.05, 0) is 44.6 Å². The molecule has 100 valence electrons. The lowest BCUT2D eigenvalue weighted by molar-refractivity contribution is -0.112. The molecule has 0 radical (unpaired) electrons. The lowest BCUT2D eigenvalue weighted by Gasteiger charge is -2.17. The molecule has 0 aliphatic rings. The summed E-state index contributed by atoms with van der Waals surface area (Å²) >= 11 is 5.46. The van der Waals surface area contributed by atoms with Crippen LogP contribution in [0.2, 0.25) is 0 Å². The van der Waals surface area contributed by atoms with E-state index in [1.54, 1.807) is 7.11 Å². The SMILES string of the molecule is COCC(C)n1c(C)cc(/C=C/C(=O)CCl)c1C. The summed E-state index contributed by atoms with van der Waals surface area (Å²) in [6.07, 6.45) is 3.35. The number of ketones is 1. The van der Waals surface area contributed by atoms with E-state index in [0.717, 1.165) is 17.0 Å². The maximum absolute atomic E-state index is 11.2. The van der Waals surface area contributed by atoms with Crippen molar-refractivity contribution in [3.8, 4) is 0 Å². The van der Waals surface area contributed by atoms with Gasteiger partial charge in [0.15, 0.2) is 5.78 Å². The third-order valence-corrected chi connectivity index (χ3v) is 3.22. The predicted octanol–water partition coefficient (Wildman–Crippen LogP) is 3.13. The van der Waals surface area contributed by atoms with E-state index in [4.69, 9.17) is 16.3 Å². The fourth-order valence-electron chi connectivity index (χ4n) is 2.19. The summed E-state index contributed by atoms with van der Waals surface area (Å²) in [5.74, 6) is -0.0543. The first-order valence-corrected chi connectivity index (χ1v) is 6.49. The summed E-state index contributed by atoms with van der Waals surface area (Å²) in [5, 5.41) is 0. The van der Waals surface area contributed by atoms with Crippen LogP contribution in [0.1, 0.15) is 29.9 Å². The lowest BCUT2D eigenvalue weighted by Crippen LogP contribution is -2.13. The lowest BCUT2D eigenvalue weighted by atomic mass is 10.2. The molecule has 0 saturated heterocycles. The molecule has 0 N–H and O–H groups in total. The van der Waals surface area contributed by atoms with Crippen molar-refractivity contribution in [2.75, 3.05) is 19.6 Å². The van der Waals surface area contributed by atoms with Gasteiger partial charge in [-0.25, -0.2) is 0 Å². The van der Waals surface area contributed by atoms with Crippen LogP contribution < -0.4 is 0 Å². The Labute approximate surface area is 113 Å². The highest BCUT2D eigenvalue weighted by Gasteiger charge is 2.12. The summed E-state index contributed by atoms with van der Waals surface area (Å²) < 4.78 is 7.40. The van der Waals surface area contributed by atoms with Gasteiger partial charge in [-0.15, -0.1) is 11.6 Å². The number of hydrogen-bond donors (Lipinski definition) is 0. The van der Waals surface area contributed by atoms with Crippen LogP contribution in [0.15, 0.2) is 12.1 Å². The number of rotatable bonds is 6. The minimum Gasteiger partial charge on any atom is -0.383 e. The number of nitrogens with zero attached hydrogens (tertiary/aromatic N) is 1. The highest BCUT2D eigenvalue weighted by molar-refractivity contribution is 6.29. The zero-order valence-corrected chi connectivity index (χ0v) is 12.1. The third-order valence-electron chi connectivity index (χ3n) is 2.95. The minimum absolute atomic E-state index is 0.0231. The molecule has 0 aromatic carbocycles. The van der Waals surface area contributed by atoms with E-state index < -0.39 is 0 Å². The molecule has 1 rings (SSSR count). The van der Waals surface area contributed by atoms with Crippen LogP contribution in [-0.4, -0.2) is 29.9 Å². The first-order valence-electron chi connectivity index (χ1n) is 5.95. The molecular weight excluding hydrogens is 250 g/mol. The van der Waals surface area contributed by atoms with Gasteiger partial charge < -0.3 is 9.30 Å². The van der Waals surface area contributed by atoms with Crippen LogP contribution in [0, 0.1) is 13.8 Å². The smallest absolute Gasteiger partial charge is 0.170 e. The topological polar surface area (TPSA) is 31.2 Å². The van der Waals surface area contributed by atoms with Crippen molar-refractivity contribution in [3.05, 3.63) is 29.1 Å². The Morgan fingerprint density at radius 3 is 2.78 bits per heavy atom. The molecule has 0 bridgehead atoms. The molecule has 3 nitrogen and oxygen atoms in total. The summed E-state index contributed by atoms with van der Waals surface area (Å²) in [6.45, 7) is 6.88. The maximum Gasteiger partial charge on any atom is 0.170 e. The van der Waals surface area contributed by atoms with Gasteiger partial charge >= 0.3 is 0 Å². The molecule has 0 spiro atoms. The fourth-order valence-corrected chi connectivity index (χ4v) is 2.28. The molecule has 1 heterocycles. The highest BCUT2D eigenvalue weighted by Crippen LogP contribution is 2.21. The molecule has 0 aliphatic carbocycles. The van der Waals surface area contributed by atoms with Crippen molar-refractivity contribution >= 4 is 23.5 Å². The fraction of sp³-hybridized carbons (Fsp3) is 0.500. The summed E-state index contributed by atoms with van der Waals surface area (Å²) in [4.78, 5) is 11.2. The average molecular weight is 270 g/mol. The van der Waals surface area contributed by atoms with Crippen molar-refractivity contribution < 1.29 is 9.53 Å². The van der Waals surface area contributed by atoms with Gasteiger partial charge in [0.1, 0.15) is 0 Å². The molecular formula is C14H20ClNO2. The van der Waals surface area contributed by atoms with Crippen LogP contribution in [0.5, 0.6) is 0 Å². The Morgan fingerprint density at radius 1 is 1.56 bits per heavy atom. The van der Waals surface area contributed by atoms with Gasteiger partial charge in [0.25, 0.3) is 0 Å². The monoisotopic (exact) mass is 269 g/mol. The number of alkyl halides is 1. The molecule has 1 unspecified atom stereocenters. The van der Waals surface area contributed by atoms with Crippen LogP contribution in [-0.2, 0) is 9.53 Å². The second kappa shape index (κ2) is 6.76. The van der Waals surface area contributed by atoms with E-state index in [1.165, 1.54) is 6.08 Å². The molecule has 0 amide bonds. The summed E-state index contributed by atoms with van der Waals surface area (Å²) in [7, 11) is 1.70. The summed E-state index contributed by atoms with van der Waals surface area (Å²) in [5.41, 5.74) is 3.35. The van der Waals surface area contributed by atoms with Crippen molar-refractivity contribution in [2.24, 2.45) is 0 Å². The number of hydrogen-bond acceptors (Lipinski definition) is 2. The van der Waals surface area contributed by atoms with E-state index in [1.807, 2.05) is 13.0 Å². The highest BCUT2D eigenvalue weighted by atomic mass is 35.5. The number of carbonyl (C=O) groups is 1. The number of allylic oxidation sites excluding steroid dienone is 1. The van der Waals surface area contributed by atoms with Crippen molar-refractivity contribution in [3.63, 3.8) is 0 Å². The molecule has 1 aromatic rings. The van der Waals surface area contributed by atoms with Crippen LogP contribution in [0.4, 0.5) is 0 Å². The Morgan fingerprint density at radius 2 is 2.22 bits per heavy atom. The van der Waals surface area contributed by atoms with Crippen molar-refractivity contribution in [1.82, 2.24) is 4.57 Å².